The molecule has 0 atom stereocenters. The number of nitrogens with zero attached hydrogens (tertiary/aromatic N) is 4. The van der Waals surface area contributed by atoms with Gasteiger partial charge in [0.25, 0.3) is 0 Å². The number of benzene rings is 1. The molecular formula is C13H15ClN6S. The fourth-order valence-corrected chi connectivity index (χ4v) is 2.91. The van der Waals surface area contributed by atoms with Crippen molar-refractivity contribution >= 4 is 51.6 Å². The Morgan fingerprint density at radius 3 is 2.95 bits per heavy atom. The highest BCUT2D eigenvalue weighted by atomic mass is 35.5. The normalized spacial score (nSPS) is 11.2. The molecule has 0 aliphatic carbocycles. The van der Waals surface area contributed by atoms with Crippen molar-refractivity contribution in [3.63, 3.8) is 0 Å². The maximum atomic E-state index is 6.30. The fourth-order valence-electron chi connectivity index (χ4n) is 2.16. The molecule has 0 spiro atoms. The van der Waals surface area contributed by atoms with Crippen molar-refractivity contribution in [2.45, 2.75) is 26.8 Å². The van der Waals surface area contributed by atoms with Gasteiger partial charge < -0.3 is 11.1 Å². The number of nitrogen functional groups attached to an aromatic ring is 1. The number of nitrogens with one attached hydrogen (secondary N) is 1. The Kier molecular flexibility index (Phi) is 3.69. The van der Waals surface area contributed by atoms with Gasteiger partial charge >= 0.3 is 0 Å². The summed E-state index contributed by atoms with van der Waals surface area (Å²) in [6, 6.07) is 3.65. The maximum absolute atomic E-state index is 6.30. The first-order valence-electron chi connectivity index (χ1n) is 6.62. The number of halogens is 1. The van der Waals surface area contributed by atoms with Crippen LogP contribution in [-0.2, 0) is 6.54 Å². The molecule has 0 amide bonds. The van der Waals surface area contributed by atoms with Crippen LogP contribution in [0.25, 0.3) is 11.0 Å². The molecule has 0 saturated carbocycles. The maximum Gasteiger partial charge on any atom is 0.152 e. The van der Waals surface area contributed by atoms with Gasteiger partial charge in [-0.2, -0.15) is 13.8 Å². The van der Waals surface area contributed by atoms with E-state index in [-0.39, 0.29) is 0 Å². The van der Waals surface area contributed by atoms with Crippen molar-refractivity contribution in [3.05, 3.63) is 22.8 Å². The average molecular weight is 323 g/mol. The third kappa shape index (κ3) is 2.43. The molecule has 110 valence electrons. The Morgan fingerprint density at radius 2 is 2.19 bits per heavy atom. The molecule has 2 aromatic heterocycles. The number of fused-ring (bicyclic) bond motifs is 1. The molecule has 0 aliphatic rings. The van der Waals surface area contributed by atoms with Gasteiger partial charge in [-0.15, -0.1) is 0 Å². The van der Waals surface area contributed by atoms with Crippen LogP contribution in [0, 0.1) is 6.92 Å². The molecule has 0 aliphatic heterocycles. The van der Waals surface area contributed by atoms with Crippen molar-refractivity contribution in [1.82, 2.24) is 18.5 Å². The van der Waals surface area contributed by atoms with E-state index in [1.165, 1.54) is 0 Å². The van der Waals surface area contributed by atoms with Crippen molar-refractivity contribution in [2.75, 3.05) is 11.1 Å². The molecule has 0 bridgehead atoms. The van der Waals surface area contributed by atoms with E-state index in [0.29, 0.717) is 16.4 Å². The Labute approximate surface area is 131 Å². The zero-order valence-electron chi connectivity index (χ0n) is 11.7. The Morgan fingerprint density at radius 1 is 1.38 bits per heavy atom. The Bertz CT molecular complexity index is 793. The molecular weight excluding hydrogens is 308 g/mol. The predicted molar refractivity (Wildman–Crippen MR) is 87.4 cm³/mol. The molecule has 6 nitrogen and oxygen atoms in total. The summed E-state index contributed by atoms with van der Waals surface area (Å²) in [4.78, 5) is 0. The van der Waals surface area contributed by atoms with E-state index in [2.05, 4.69) is 26.1 Å². The number of anilines is 3. The van der Waals surface area contributed by atoms with Gasteiger partial charge in [0.1, 0.15) is 11.0 Å². The number of aryl methyl sites for hydroxylation is 2. The summed E-state index contributed by atoms with van der Waals surface area (Å²) in [7, 11) is 0. The van der Waals surface area contributed by atoms with Crippen LogP contribution in [-0.4, -0.2) is 18.5 Å². The number of hydrogen-bond acceptors (Lipinski definition) is 6. The first-order chi connectivity index (χ1) is 10.1. The SMILES string of the molecule is CCCn1nc(C)c(N)c1Nc1c(Cl)ccc2nsnc12. The lowest BCUT2D eigenvalue weighted by Crippen LogP contribution is -2.06. The molecule has 8 heteroatoms. The van der Waals surface area contributed by atoms with E-state index in [9.17, 15) is 0 Å². The quantitative estimate of drug-likeness (QED) is 0.767. The Balaban J connectivity index is 2.10. The van der Waals surface area contributed by atoms with Gasteiger partial charge in [-0.3, -0.25) is 0 Å². The van der Waals surface area contributed by atoms with Crippen LogP contribution in [0.4, 0.5) is 17.2 Å². The minimum absolute atomic E-state index is 0.580. The minimum Gasteiger partial charge on any atom is -0.394 e. The van der Waals surface area contributed by atoms with Crippen LogP contribution >= 0.6 is 23.3 Å². The molecule has 0 saturated heterocycles. The largest absolute Gasteiger partial charge is 0.394 e. The highest BCUT2D eigenvalue weighted by molar-refractivity contribution is 7.00. The summed E-state index contributed by atoms with van der Waals surface area (Å²) in [6.45, 7) is 4.76. The molecule has 2 heterocycles. The lowest BCUT2D eigenvalue weighted by molar-refractivity contribution is 0.605. The molecule has 21 heavy (non-hydrogen) atoms. The van der Waals surface area contributed by atoms with E-state index in [1.54, 1.807) is 6.07 Å². The standard InChI is InChI=1S/C13H15ClN6S/c1-3-6-20-13(10(15)7(2)17-20)16-11-8(14)4-5-9-12(11)19-21-18-9/h4-5,16H,3,6,15H2,1-2H3. The molecule has 1 aromatic carbocycles. The van der Waals surface area contributed by atoms with Gasteiger partial charge in [0.05, 0.1) is 33.8 Å². The van der Waals surface area contributed by atoms with E-state index in [0.717, 1.165) is 47.2 Å². The van der Waals surface area contributed by atoms with Gasteiger partial charge in [-0.1, -0.05) is 18.5 Å². The second kappa shape index (κ2) is 5.50. The highest BCUT2D eigenvalue weighted by Gasteiger charge is 2.16. The highest BCUT2D eigenvalue weighted by Crippen LogP contribution is 2.35. The summed E-state index contributed by atoms with van der Waals surface area (Å²) in [6.07, 6.45) is 0.964. The summed E-state index contributed by atoms with van der Waals surface area (Å²) in [5.41, 5.74) is 9.82. The number of rotatable bonds is 4. The molecule has 0 radical (unpaired) electrons. The van der Waals surface area contributed by atoms with E-state index >= 15 is 0 Å². The zero-order chi connectivity index (χ0) is 15.0. The van der Waals surface area contributed by atoms with Crippen LogP contribution in [0.2, 0.25) is 5.02 Å². The van der Waals surface area contributed by atoms with Gasteiger partial charge in [0, 0.05) is 6.54 Å². The number of aromatic nitrogens is 4. The second-order valence-electron chi connectivity index (χ2n) is 4.75. The Hall–Kier alpha value is -1.86. The first-order valence-corrected chi connectivity index (χ1v) is 7.73. The molecule has 0 fully saturated rings. The average Bonchev–Trinajstić information content (AvgIpc) is 3.02. The predicted octanol–water partition coefficient (Wildman–Crippen LogP) is 3.59. The second-order valence-corrected chi connectivity index (χ2v) is 5.69. The monoisotopic (exact) mass is 322 g/mol. The van der Waals surface area contributed by atoms with Gasteiger partial charge in [-0.25, -0.2) is 4.68 Å². The lowest BCUT2D eigenvalue weighted by Gasteiger charge is -2.11. The third-order valence-electron chi connectivity index (χ3n) is 3.23. The van der Waals surface area contributed by atoms with Crippen molar-refractivity contribution in [3.8, 4) is 0 Å². The molecule has 3 rings (SSSR count). The fraction of sp³-hybridized carbons (Fsp3) is 0.308. The van der Waals surface area contributed by atoms with E-state index in [1.807, 2.05) is 17.7 Å². The van der Waals surface area contributed by atoms with Crippen molar-refractivity contribution in [1.29, 1.82) is 0 Å². The van der Waals surface area contributed by atoms with Gasteiger partial charge in [0.15, 0.2) is 5.82 Å². The van der Waals surface area contributed by atoms with Crippen LogP contribution < -0.4 is 11.1 Å². The molecule has 3 N–H and O–H groups in total. The van der Waals surface area contributed by atoms with E-state index in [4.69, 9.17) is 17.3 Å². The van der Waals surface area contributed by atoms with Gasteiger partial charge in [-0.05, 0) is 25.5 Å². The third-order valence-corrected chi connectivity index (χ3v) is 4.09. The summed E-state index contributed by atoms with van der Waals surface area (Å²) < 4.78 is 10.4. The smallest absolute Gasteiger partial charge is 0.152 e. The minimum atomic E-state index is 0.580. The van der Waals surface area contributed by atoms with Crippen LogP contribution in [0.1, 0.15) is 19.0 Å². The summed E-state index contributed by atoms with van der Waals surface area (Å²) in [5.74, 6) is 0.747. The van der Waals surface area contributed by atoms with E-state index < -0.39 is 0 Å². The summed E-state index contributed by atoms with van der Waals surface area (Å²) >= 11 is 7.46. The van der Waals surface area contributed by atoms with Gasteiger partial charge in [0.2, 0.25) is 0 Å². The molecule has 0 unspecified atom stereocenters. The number of nitrogens with two attached hydrogens (primary N) is 1. The van der Waals surface area contributed by atoms with Crippen LogP contribution in [0.5, 0.6) is 0 Å². The van der Waals surface area contributed by atoms with Crippen molar-refractivity contribution < 1.29 is 0 Å². The first kappa shape index (κ1) is 14.1. The van der Waals surface area contributed by atoms with Crippen LogP contribution in [0.15, 0.2) is 12.1 Å². The summed E-state index contributed by atoms with van der Waals surface area (Å²) in [5, 5.41) is 8.32. The topological polar surface area (TPSA) is 81.7 Å². The number of hydrogen-bond donors (Lipinski definition) is 2. The van der Waals surface area contributed by atoms with Crippen LogP contribution in [0.3, 0.4) is 0 Å². The lowest BCUT2D eigenvalue weighted by atomic mass is 10.2. The molecule has 3 aromatic rings. The zero-order valence-corrected chi connectivity index (χ0v) is 13.3. The van der Waals surface area contributed by atoms with Crippen molar-refractivity contribution in [2.24, 2.45) is 0 Å².